The van der Waals surface area contributed by atoms with E-state index in [2.05, 4.69) is 21.9 Å². The van der Waals surface area contributed by atoms with Gasteiger partial charge in [0.25, 0.3) is 0 Å². The van der Waals surface area contributed by atoms with E-state index in [1.165, 1.54) is 0 Å². The molecule has 2 aliphatic rings. The van der Waals surface area contributed by atoms with Gasteiger partial charge in [-0.1, -0.05) is 0 Å². The molecule has 3 atom stereocenters. The molecular weight excluding hydrogens is 484 g/mol. The van der Waals surface area contributed by atoms with E-state index >= 15 is 0 Å². The largest absolute Gasteiger partial charge is 0.476 e. The summed E-state index contributed by atoms with van der Waals surface area (Å²) in [6.45, 7) is 8.14. The molecule has 2 aliphatic heterocycles. The highest BCUT2D eigenvalue weighted by molar-refractivity contribution is 5.73. The van der Waals surface area contributed by atoms with E-state index in [1.54, 1.807) is 10.9 Å². The van der Waals surface area contributed by atoms with Crippen molar-refractivity contribution in [2.75, 3.05) is 19.8 Å². The molecule has 2 bridgehead atoms. The maximum atomic E-state index is 10.0. The summed E-state index contributed by atoms with van der Waals surface area (Å²) in [7, 11) is 1.90. The number of hydrogen-bond donors (Lipinski definition) is 1. The van der Waals surface area contributed by atoms with Crippen LogP contribution < -0.4 is 9.47 Å². The molecule has 11 heteroatoms. The Labute approximate surface area is 221 Å². The van der Waals surface area contributed by atoms with Crippen LogP contribution in [-0.4, -0.2) is 75.8 Å². The smallest absolute Gasteiger partial charge is 0.240 e. The first kappa shape index (κ1) is 24.6. The first-order valence-electron chi connectivity index (χ1n) is 13.3. The van der Waals surface area contributed by atoms with Gasteiger partial charge in [0.15, 0.2) is 0 Å². The van der Waals surface area contributed by atoms with Gasteiger partial charge in [0.1, 0.15) is 11.9 Å². The Hall–Kier alpha value is -3.70. The van der Waals surface area contributed by atoms with Crippen molar-refractivity contribution < 1.29 is 14.6 Å². The zero-order valence-corrected chi connectivity index (χ0v) is 22.3. The normalized spacial score (nSPS) is 21.3. The zero-order chi connectivity index (χ0) is 26.4. The van der Waals surface area contributed by atoms with Gasteiger partial charge in [-0.3, -0.25) is 19.0 Å². The predicted molar refractivity (Wildman–Crippen MR) is 143 cm³/mol. The molecule has 0 amide bonds. The van der Waals surface area contributed by atoms with Crippen molar-refractivity contribution in [2.24, 2.45) is 7.05 Å². The summed E-state index contributed by atoms with van der Waals surface area (Å²) in [6, 6.07) is 0.00923. The molecule has 0 saturated carbocycles. The van der Waals surface area contributed by atoms with E-state index < -0.39 is 0 Å². The number of aromatic nitrogens is 7. The topological polar surface area (TPSA) is 108 Å². The number of aliphatic hydroxyl groups is 1. The summed E-state index contributed by atoms with van der Waals surface area (Å²) in [5, 5.41) is 19.3. The van der Waals surface area contributed by atoms with Crippen LogP contribution in [0.3, 0.4) is 0 Å². The summed E-state index contributed by atoms with van der Waals surface area (Å²) >= 11 is 0. The number of fused-ring (bicyclic) bond motifs is 5. The van der Waals surface area contributed by atoms with Gasteiger partial charge in [-0.2, -0.15) is 5.10 Å². The minimum absolute atomic E-state index is 0.0176. The van der Waals surface area contributed by atoms with E-state index in [4.69, 9.17) is 19.6 Å². The molecule has 1 fully saturated rings. The molecule has 6 rings (SSSR count). The van der Waals surface area contributed by atoms with Gasteiger partial charge in [-0.25, -0.2) is 9.67 Å². The van der Waals surface area contributed by atoms with Crippen molar-refractivity contribution >= 4 is 17.7 Å². The maximum Gasteiger partial charge on any atom is 0.240 e. The highest BCUT2D eigenvalue weighted by atomic mass is 16.5. The van der Waals surface area contributed by atoms with Gasteiger partial charge >= 0.3 is 0 Å². The van der Waals surface area contributed by atoms with Crippen LogP contribution in [0.4, 0.5) is 0 Å². The Bertz CT molecular complexity index is 1490. The number of aliphatic hydroxyl groups excluding tert-OH is 1. The summed E-state index contributed by atoms with van der Waals surface area (Å²) in [4.78, 5) is 11.8. The highest BCUT2D eigenvalue weighted by Crippen LogP contribution is 2.34. The van der Waals surface area contributed by atoms with Crippen molar-refractivity contribution in [1.82, 2.24) is 38.8 Å². The second kappa shape index (κ2) is 9.88. The molecule has 4 aromatic heterocycles. The molecule has 0 unspecified atom stereocenters. The maximum absolute atomic E-state index is 10.0. The van der Waals surface area contributed by atoms with Crippen molar-refractivity contribution in [3.05, 3.63) is 41.9 Å². The quantitative estimate of drug-likeness (QED) is 0.439. The van der Waals surface area contributed by atoms with E-state index in [-0.39, 0.29) is 24.8 Å². The van der Waals surface area contributed by atoms with Crippen LogP contribution in [0.15, 0.2) is 24.8 Å². The third-order valence-electron chi connectivity index (χ3n) is 7.59. The number of rotatable bonds is 4. The number of aryl methyl sites for hydroxylation is 1. The van der Waals surface area contributed by atoms with Crippen LogP contribution in [0.1, 0.15) is 56.7 Å². The van der Waals surface area contributed by atoms with Crippen LogP contribution in [-0.2, 0) is 13.6 Å². The van der Waals surface area contributed by atoms with E-state index in [9.17, 15) is 5.11 Å². The average molecular weight is 519 g/mol. The molecule has 38 heavy (non-hydrogen) atoms. The molecule has 0 aromatic carbocycles. The number of hydrogen-bond acceptors (Lipinski definition) is 8. The van der Waals surface area contributed by atoms with Crippen molar-refractivity contribution in [3.8, 4) is 23.0 Å². The minimum Gasteiger partial charge on any atom is -0.476 e. The van der Waals surface area contributed by atoms with Gasteiger partial charge in [0, 0.05) is 25.8 Å². The van der Waals surface area contributed by atoms with Gasteiger partial charge in [0.05, 0.1) is 65.9 Å². The summed E-state index contributed by atoms with van der Waals surface area (Å²) in [6.07, 6.45) is 13.4. The predicted octanol–water partition coefficient (Wildman–Crippen LogP) is 3.19. The lowest BCUT2D eigenvalue weighted by molar-refractivity contribution is 0.0914. The zero-order valence-electron chi connectivity index (χ0n) is 22.3. The summed E-state index contributed by atoms with van der Waals surface area (Å²) in [5.41, 5.74) is 4.40. The fourth-order valence-electron chi connectivity index (χ4n) is 5.57. The third kappa shape index (κ3) is 4.15. The van der Waals surface area contributed by atoms with Gasteiger partial charge in [-0.15, -0.1) is 5.10 Å². The first-order valence-corrected chi connectivity index (χ1v) is 13.3. The van der Waals surface area contributed by atoms with E-state index in [0.717, 1.165) is 53.2 Å². The Morgan fingerprint density at radius 2 is 2.05 bits per heavy atom. The van der Waals surface area contributed by atoms with Crippen molar-refractivity contribution in [3.63, 3.8) is 0 Å². The Kier molecular flexibility index (Phi) is 6.40. The van der Waals surface area contributed by atoms with Crippen LogP contribution >= 0.6 is 0 Å². The van der Waals surface area contributed by atoms with Crippen molar-refractivity contribution in [1.29, 1.82) is 0 Å². The van der Waals surface area contributed by atoms with Crippen LogP contribution in [0.5, 0.6) is 11.8 Å². The second-order valence-corrected chi connectivity index (χ2v) is 10.1. The highest BCUT2D eigenvalue weighted by Gasteiger charge is 2.34. The number of imidazole rings is 1. The summed E-state index contributed by atoms with van der Waals surface area (Å²) < 4.78 is 18.3. The molecule has 1 N–H and O–H groups in total. The minimum atomic E-state index is -0.193. The molecule has 0 spiro atoms. The molecule has 4 aromatic rings. The lowest BCUT2D eigenvalue weighted by Crippen LogP contribution is -2.41. The van der Waals surface area contributed by atoms with Crippen LogP contribution in [0.25, 0.3) is 28.9 Å². The van der Waals surface area contributed by atoms with E-state index in [1.807, 2.05) is 60.7 Å². The molecule has 0 radical (unpaired) electrons. The van der Waals surface area contributed by atoms with Gasteiger partial charge in [-0.05, 0) is 52.3 Å². The molecule has 200 valence electrons. The number of nitrogens with zero attached hydrogens (tertiary/aromatic N) is 8. The summed E-state index contributed by atoms with van der Waals surface area (Å²) in [5.74, 6) is 2.01. The monoisotopic (exact) mass is 518 g/mol. The van der Waals surface area contributed by atoms with Gasteiger partial charge in [0.2, 0.25) is 11.8 Å². The van der Waals surface area contributed by atoms with Crippen LogP contribution in [0.2, 0.25) is 0 Å². The SMILES string of the molecule is CCOc1nn([C@@H](C)CO)c2c1/C=C/c1ncc3cnc(cn13)-c1cnn(C)c1O[C@H](C)[C@H]1CCCN1C2. The first-order chi connectivity index (χ1) is 18.5. The second-order valence-electron chi connectivity index (χ2n) is 10.1. The molecule has 1 saturated heterocycles. The van der Waals surface area contributed by atoms with Crippen LogP contribution in [0, 0.1) is 0 Å². The Morgan fingerprint density at radius 3 is 2.87 bits per heavy atom. The Balaban J connectivity index is 1.56. The molecule has 6 heterocycles. The third-order valence-corrected chi connectivity index (χ3v) is 7.59. The average Bonchev–Trinajstić information content (AvgIpc) is 3.69. The lowest BCUT2D eigenvalue weighted by atomic mass is 10.1. The fraction of sp³-hybridized carbons (Fsp3) is 0.481. The van der Waals surface area contributed by atoms with Crippen molar-refractivity contribution in [2.45, 2.75) is 58.3 Å². The fourth-order valence-corrected chi connectivity index (χ4v) is 5.57. The molecule has 11 nitrogen and oxygen atoms in total. The number of ether oxygens (including phenoxy) is 2. The molecule has 0 aliphatic carbocycles. The Morgan fingerprint density at radius 1 is 1.21 bits per heavy atom. The molecular formula is C27H34N8O3. The lowest BCUT2D eigenvalue weighted by Gasteiger charge is -2.30. The standard InChI is InChI=1S/C27H34N8O3/c1-5-37-26-20-8-9-25-29-12-19-11-28-22(14-34(19)25)21-13-30-32(4)27(21)38-18(3)23-7-6-10-33(23)15-24(20)35(31-26)17(2)16-36/h8-9,11-14,17-18,23,36H,5-7,10,15-16H2,1-4H3/b9-8+/t17-,18+,23+/m0/s1. The van der Waals surface area contributed by atoms with Gasteiger partial charge < -0.3 is 14.6 Å². The van der Waals surface area contributed by atoms with E-state index in [0.29, 0.717) is 24.9 Å².